The van der Waals surface area contributed by atoms with Gasteiger partial charge in [-0.2, -0.15) is 0 Å². The van der Waals surface area contributed by atoms with Gasteiger partial charge in [-0.3, -0.25) is 25.5 Å². The van der Waals surface area contributed by atoms with E-state index in [9.17, 15) is 4.79 Å². The molecule has 24 heavy (non-hydrogen) atoms. The van der Waals surface area contributed by atoms with Gasteiger partial charge in [0.1, 0.15) is 0 Å². The van der Waals surface area contributed by atoms with Crippen molar-refractivity contribution in [1.82, 2.24) is 15.3 Å². The largest absolute Gasteiger partial charge is 0.379 e. The Bertz CT molecular complexity index is 805. The molecule has 1 aromatic carbocycles. The normalized spacial score (nSPS) is 10.3. The highest BCUT2D eigenvalue weighted by Crippen LogP contribution is 2.22. The van der Waals surface area contributed by atoms with Crippen LogP contribution >= 0.6 is 15.9 Å². The number of hydrogen-bond donors (Lipinski definition) is 4. The van der Waals surface area contributed by atoms with Crippen LogP contribution < -0.4 is 16.4 Å². The topological polar surface area (TPSA) is 117 Å². The fraction of sp³-hybridized carbons (Fsp3) is 0.250. The van der Waals surface area contributed by atoms with Gasteiger partial charge in [0.05, 0.1) is 34.9 Å². The number of carbonyl (C=O) groups is 1. The minimum absolute atomic E-state index is 0.383. The Hall–Kier alpha value is -2.48. The van der Waals surface area contributed by atoms with E-state index < -0.39 is 11.9 Å². The average Bonchev–Trinajstić information content (AvgIpc) is 2.49. The van der Waals surface area contributed by atoms with E-state index in [-0.39, 0.29) is 0 Å². The number of nitrogens with two attached hydrogens (primary N) is 1. The van der Waals surface area contributed by atoms with Gasteiger partial charge in [-0.1, -0.05) is 15.9 Å². The molecule has 126 valence electrons. The van der Waals surface area contributed by atoms with Gasteiger partial charge in [0.25, 0.3) is 5.91 Å². The number of guanidine groups is 1. The molecule has 7 nitrogen and oxygen atoms in total. The minimum Gasteiger partial charge on any atom is -0.379 e. The number of aryl methyl sites for hydroxylation is 3. The third-order valence-corrected chi connectivity index (χ3v) is 3.99. The van der Waals surface area contributed by atoms with Gasteiger partial charge < -0.3 is 11.1 Å². The summed E-state index contributed by atoms with van der Waals surface area (Å²) < 4.78 is 0.754. The van der Waals surface area contributed by atoms with Crippen LogP contribution in [-0.4, -0.2) is 21.8 Å². The smallest absolute Gasteiger partial charge is 0.260 e. The van der Waals surface area contributed by atoms with Gasteiger partial charge in [-0.15, -0.1) is 0 Å². The predicted octanol–water partition coefficient (Wildman–Crippen LogP) is 2.40. The highest BCUT2D eigenvalue weighted by Gasteiger charge is 2.14. The lowest BCUT2D eigenvalue weighted by atomic mass is 10.1. The standard InChI is InChI=1S/C16H19BrN6O/c1-8-9(2)22-14(10(3)21-8)7-20-13-5-4-11(17)6-12(13)15(24)23-16(18)19/h4-6,20H,7H2,1-3H3,(H4,18,19,23,24). The fourth-order valence-electron chi connectivity index (χ4n) is 2.16. The Morgan fingerprint density at radius 3 is 2.54 bits per heavy atom. The molecule has 0 aliphatic rings. The Morgan fingerprint density at radius 1 is 1.21 bits per heavy atom. The zero-order chi connectivity index (χ0) is 17.9. The van der Waals surface area contributed by atoms with Gasteiger partial charge in [-0.05, 0) is 39.0 Å². The first kappa shape index (κ1) is 17.9. The van der Waals surface area contributed by atoms with Crippen LogP contribution in [0.15, 0.2) is 22.7 Å². The highest BCUT2D eigenvalue weighted by molar-refractivity contribution is 9.10. The number of nitrogens with one attached hydrogen (secondary N) is 3. The van der Waals surface area contributed by atoms with Crippen molar-refractivity contribution in [1.29, 1.82) is 5.41 Å². The molecule has 0 saturated heterocycles. The summed E-state index contributed by atoms with van der Waals surface area (Å²) in [4.78, 5) is 21.2. The van der Waals surface area contributed by atoms with Crippen LogP contribution in [0.5, 0.6) is 0 Å². The van der Waals surface area contributed by atoms with E-state index >= 15 is 0 Å². The van der Waals surface area contributed by atoms with Gasteiger partial charge in [0.2, 0.25) is 0 Å². The van der Waals surface area contributed by atoms with Gasteiger partial charge in [0, 0.05) is 10.2 Å². The van der Waals surface area contributed by atoms with Crippen molar-refractivity contribution in [2.45, 2.75) is 27.3 Å². The first-order valence-corrected chi connectivity index (χ1v) is 8.06. The first-order chi connectivity index (χ1) is 11.3. The summed E-state index contributed by atoms with van der Waals surface area (Å²) in [5, 5.41) is 12.7. The third kappa shape index (κ3) is 4.29. The summed E-state index contributed by atoms with van der Waals surface area (Å²) >= 11 is 3.34. The average molecular weight is 391 g/mol. The van der Waals surface area contributed by atoms with Crippen LogP contribution in [0.4, 0.5) is 5.69 Å². The fourth-order valence-corrected chi connectivity index (χ4v) is 2.52. The van der Waals surface area contributed by atoms with Crippen LogP contribution in [-0.2, 0) is 6.54 Å². The van der Waals surface area contributed by atoms with Crippen molar-refractivity contribution < 1.29 is 4.79 Å². The summed E-state index contributed by atoms with van der Waals surface area (Å²) in [5.41, 5.74) is 9.69. The van der Waals surface area contributed by atoms with E-state index in [0.29, 0.717) is 17.8 Å². The molecule has 0 bridgehead atoms. The van der Waals surface area contributed by atoms with Crippen molar-refractivity contribution in [3.63, 3.8) is 0 Å². The monoisotopic (exact) mass is 390 g/mol. The third-order valence-electron chi connectivity index (χ3n) is 3.50. The van der Waals surface area contributed by atoms with Crippen LogP contribution in [0.25, 0.3) is 0 Å². The molecule has 8 heteroatoms. The quantitative estimate of drug-likeness (QED) is 0.472. The van der Waals surface area contributed by atoms with E-state index in [2.05, 4.69) is 36.5 Å². The van der Waals surface area contributed by atoms with Crippen LogP contribution in [0, 0.1) is 26.2 Å². The maximum atomic E-state index is 12.2. The summed E-state index contributed by atoms with van der Waals surface area (Å²) in [7, 11) is 0. The molecular formula is C16H19BrN6O. The molecule has 2 rings (SSSR count). The Morgan fingerprint density at radius 2 is 1.88 bits per heavy atom. The number of anilines is 1. The van der Waals surface area contributed by atoms with Crippen molar-refractivity contribution in [3.8, 4) is 0 Å². The number of halogens is 1. The number of hydrogen-bond acceptors (Lipinski definition) is 5. The molecule has 0 aliphatic carbocycles. The number of amides is 1. The lowest BCUT2D eigenvalue weighted by molar-refractivity contribution is 0.0977. The van der Waals surface area contributed by atoms with E-state index in [1.165, 1.54) is 0 Å². The van der Waals surface area contributed by atoms with Gasteiger partial charge in [-0.25, -0.2) is 0 Å². The molecule has 1 heterocycles. The predicted molar refractivity (Wildman–Crippen MR) is 97.1 cm³/mol. The lowest BCUT2D eigenvalue weighted by Crippen LogP contribution is -2.36. The molecule has 0 atom stereocenters. The highest BCUT2D eigenvalue weighted by atomic mass is 79.9. The zero-order valence-electron chi connectivity index (χ0n) is 13.7. The zero-order valence-corrected chi connectivity index (χ0v) is 15.3. The number of carbonyl (C=O) groups excluding carboxylic acids is 1. The molecule has 0 aliphatic heterocycles. The summed E-state index contributed by atoms with van der Waals surface area (Å²) in [6.07, 6.45) is 0. The Balaban J connectivity index is 2.25. The number of benzene rings is 1. The molecule has 0 radical (unpaired) electrons. The minimum atomic E-state index is -0.450. The molecule has 0 saturated carbocycles. The molecule has 1 amide bonds. The van der Waals surface area contributed by atoms with Crippen molar-refractivity contribution >= 4 is 33.5 Å². The van der Waals surface area contributed by atoms with Crippen LogP contribution in [0.1, 0.15) is 33.1 Å². The Kier molecular flexibility index (Phi) is 5.50. The summed E-state index contributed by atoms with van der Waals surface area (Å²) in [6.45, 7) is 6.17. The van der Waals surface area contributed by atoms with Crippen molar-refractivity contribution in [2.75, 3.05) is 5.32 Å². The van der Waals surface area contributed by atoms with E-state index in [0.717, 1.165) is 27.2 Å². The number of aromatic nitrogens is 2. The second-order valence-corrected chi connectivity index (χ2v) is 6.25. The first-order valence-electron chi connectivity index (χ1n) is 7.27. The maximum absolute atomic E-state index is 12.2. The summed E-state index contributed by atoms with van der Waals surface area (Å²) in [5.74, 6) is -0.851. The SMILES string of the molecule is Cc1nc(C)c(CNc2ccc(Br)cc2C(=O)NC(=N)N)nc1C. The lowest BCUT2D eigenvalue weighted by Gasteiger charge is -2.14. The van der Waals surface area contributed by atoms with Crippen molar-refractivity contribution in [3.05, 3.63) is 51.0 Å². The molecule has 0 fully saturated rings. The molecule has 0 unspecified atom stereocenters. The summed E-state index contributed by atoms with van der Waals surface area (Å²) in [6, 6.07) is 5.27. The molecular weight excluding hydrogens is 372 g/mol. The van der Waals surface area contributed by atoms with Gasteiger partial charge >= 0.3 is 0 Å². The molecule has 0 spiro atoms. The second kappa shape index (κ2) is 7.39. The van der Waals surface area contributed by atoms with Crippen LogP contribution in [0.2, 0.25) is 0 Å². The van der Waals surface area contributed by atoms with Crippen molar-refractivity contribution in [2.24, 2.45) is 5.73 Å². The van der Waals surface area contributed by atoms with Gasteiger partial charge in [0.15, 0.2) is 5.96 Å². The maximum Gasteiger partial charge on any atom is 0.260 e. The van der Waals surface area contributed by atoms with E-state index in [4.69, 9.17) is 11.1 Å². The van der Waals surface area contributed by atoms with E-state index in [1.54, 1.807) is 12.1 Å². The second-order valence-electron chi connectivity index (χ2n) is 5.34. The number of nitrogens with zero attached hydrogens (tertiary/aromatic N) is 2. The van der Waals surface area contributed by atoms with E-state index in [1.807, 2.05) is 26.8 Å². The molecule has 2 aromatic rings. The number of rotatable bonds is 4. The van der Waals surface area contributed by atoms with Crippen LogP contribution in [0.3, 0.4) is 0 Å². The molecule has 1 aromatic heterocycles. The molecule has 5 N–H and O–H groups in total. The Labute approximate surface area is 148 Å².